The van der Waals surface area contributed by atoms with E-state index in [1.807, 2.05) is 5.32 Å². The van der Waals surface area contributed by atoms with Gasteiger partial charge in [0.2, 0.25) is 10.0 Å². The van der Waals surface area contributed by atoms with Gasteiger partial charge in [-0.1, -0.05) is 18.5 Å². The summed E-state index contributed by atoms with van der Waals surface area (Å²) in [5.74, 6) is -0.269. The lowest BCUT2D eigenvalue weighted by Gasteiger charge is -2.12. The lowest BCUT2D eigenvalue weighted by Crippen LogP contribution is -2.35. The fourth-order valence-electron chi connectivity index (χ4n) is 1.44. The van der Waals surface area contributed by atoms with Crippen molar-refractivity contribution in [2.45, 2.75) is 19.5 Å². The Morgan fingerprint density at radius 2 is 1.95 bits per heavy atom. The van der Waals surface area contributed by atoms with Crippen molar-refractivity contribution in [1.29, 1.82) is 0 Å². The van der Waals surface area contributed by atoms with Crippen LogP contribution in [-0.2, 0) is 16.2 Å². The maximum absolute atomic E-state index is 12.6. The summed E-state index contributed by atoms with van der Waals surface area (Å²) in [4.78, 5) is 11.4. The third kappa shape index (κ3) is 5.43. The van der Waals surface area contributed by atoms with Gasteiger partial charge in [-0.2, -0.15) is 13.2 Å². The van der Waals surface area contributed by atoms with Gasteiger partial charge in [0.05, 0.1) is 16.3 Å². The second-order valence-corrected chi connectivity index (χ2v) is 6.32. The van der Waals surface area contributed by atoms with Crippen LogP contribution in [0, 0.1) is 0 Å². The van der Waals surface area contributed by atoms with Crippen LogP contribution in [0.15, 0.2) is 18.2 Å². The molecule has 0 unspecified atom stereocenters. The van der Waals surface area contributed by atoms with Crippen molar-refractivity contribution in [1.82, 2.24) is 4.72 Å². The molecule has 0 aliphatic carbocycles. The van der Waals surface area contributed by atoms with E-state index in [-0.39, 0.29) is 11.4 Å². The molecule has 0 saturated carbocycles. The monoisotopic (exact) mass is 344 g/mol. The molecule has 2 amide bonds. The highest BCUT2D eigenvalue weighted by Crippen LogP contribution is 2.36. The summed E-state index contributed by atoms with van der Waals surface area (Å²) in [6.45, 7) is 1.60. The quantitative estimate of drug-likeness (QED) is 0.880. The third-order valence-corrected chi connectivity index (χ3v) is 4.02. The first kappa shape index (κ1) is 17.6. The Hall–Kier alpha value is -1.48. The van der Waals surface area contributed by atoms with E-state index < -0.39 is 32.8 Å². The Kier molecular flexibility index (Phi) is 5.46. The largest absolute Gasteiger partial charge is 0.417 e. The Bertz CT molecular complexity index is 632. The van der Waals surface area contributed by atoms with E-state index in [9.17, 15) is 26.4 Å². The number of carbonyl (C=O) groups is 1. The molecule has 0 bridgehead atoms. The van der Waals surface area contributed by atoms with Gasteiger partial charge < -0.3 is 5.32 Å². The van der Waals surface area contributed by atoms with E-state index in [2.05, 4.69) is 0 Å². The molecule has 5 nitrogen and oxygen atoms in total. The van der Waals surface area contributed by atoms with Gasteiger partial charge in [-0.25, -0.2) is 17.9 Å². The van der Waals surface area contributed by atoms with Gasteiger partial charge in [-0.05, 0) is 24.6 Å². The van der Waals surface area contributed by atoms with E-state index in [1.165, 1.54) is 0 Å². The molecule has 0 radical (unpaired) electrons. The molecule has 0 saturated heterocycles. The van der Waals surface area contributed by atoms with Crippen LogP contribution in [0.25, 0.3) is 0 Å². The summed E-state index contributed by atoms with van der Waals surface area (Å²) in [5.41, 5.74) is -1.35. The molecule has 0 atom stereocenters. The SMILES string of the molecule is CCCS(=O)(=O)NC(=O)Nc1ccc(Cl)c(C(F)(F)F)c1. The average molecular weight is 345 g/mol. The predicted molar refractivity (Wildman–Crippen MR) is 72.7 cm³/mol. The van der Waals surface area contributed by atoms with Gasteiger partial charge in [-0.3, -0.25) is 0 Å². The van der Waals surface area contributed by atoms with Crippen molar-refractivity contribution < 1.29 is 26.4 Å². The van der Waals surface area contributed by atoms with Crippen molar-refractivity contribution >= 4 is 33.3 Å². The molecule has 0 heterocycles. The molecule has 1 rings (SSSR count). The number of sulfonamides is 1. The Balaban J connectivity index is 2.87. The van der Waals surface area contributed by atoms with Gasteiger partial charge in [0.15, 0.2) is 0 Å². The number of carbonyl (C=O) groups excluding carboxylic acids is 1. The van der Waals surface area contributed by atoms with Crippen LogP contribution in [0.3, 0.4) is 0 Å². The maximum Gasteiger partial charge on any atom is 0.417 e. The van der Waals surface area contributed by atoms with Crippen molar-refractivity contribution in [2.24, 2.45) is 0 Å². The van der Waals surface area contributed by atoms with Gasteiger partial charge in [0.25, 0.3) is 0 Å². The molecule has 0 spiro atoms. The average Bonchev–Trinajstić information content (AvgIpc) is 2.29. The van der Waals surface area contributed by atoms with Crippen LogP contribution in [0.1, 0.15) is 18.9 Å². The number of alkyl halides is 3. The van der Waals surface area contributed by atoms with Gasteiger partial charge in [-0.15, -0.1) is 0 Å². The minimum atomic E-state index is -4.68. The number of urea groups is 1. The van der Waals surface area contributed by atoms with Crippen LogP contribution in [-0.4, -0.2) is 20.2 Å². The number of anilines is 1. The van der Waals surface area contributed by atoms with Crippen molar-refractivity contribution in [3.63, 3.8) is 0 Å². The number of hydrogen-bond acceptors (Lipinski definition) is 3. The zero-order valence-electron chi connectivity index (χ0n) is 10.8. The van der Waals surface area contributed by atoms with Crippen LogP contribution in [0.2, 0.25) is 5.02 Å². The van der Waals surface area contributed by atoms with Gasteiger partial charge >= 0.3 is 12.2 Å². The van der Waals surface area contributed by atoms with E-state index >= 15 is 0 Å². The highest BCUT2D eigenvalue weighted by atomic mass is 35.5. The highest BCUT2D eigenvalue weighted by Gasteiger charge is 2.33. The summed E-state index contributed by atoms with van der Waals surface area (Å²) in [5, 5.41) is 1.49. The standard InChI is InChI=1S/C11H12ClF3N2O3S/c1-2-5-21(19,20)17-10(18)16-7-3-4-9(12)8(6-7)11(13,14)15/h3-4,6H,2,5H2,1H3,(H2,16,17,18). The fourth-order valence-corrected chi connectivity index (χ4v) is 2.64. The molecule has 1 aromatic carbocycles. The van der Waals surface area contributed by atoms with Crippen LogP contribution in [0.5, 0.6) is 0 Å². The van der Waals surface area contributed by atoms with Crippen LogP contribution >= 0.6 is 11.6 Å². The normalized spacial score (nSPS) is 12.0. The Morgan fingerprint density at radius 3 is 2.48 bits per heavy atom. The topological polar surface area (TPSA) is 75.3 Å². The minimum Gasteiger partial charge on any atom is -0.307 e. The van der Waals surface area contributed by atoms with Crippen LogP contribution < -0.4 is 10.0 Å². The first-order valence-corrected chi connectivity index (χ1v) is 7.76. The molecular formula is C11H12ClF3N2O3S. The van der Waals surface area contributed by atoms with E-state index in [0.717, 1.165) is 12.1 Å². The number of nitrogens with one attached hydrogen (secondary N) is 2. The summed E-state index contributed by atoms with van der Waals surface area (Å²) in [6.07, 6.45) is -4.39. The number of rotatable bonds is 4. The molecule has 21 heavy (non-hydrogen) atoms. The zero-order valence-corrected chi connectivity index (χ0v) is 12.4. The zero-order chi connectivity index (χ0) is 16.3. The molecule has 2 N–H and O–H groups in total. The molecule has 10 heteroatoms. The second-order valence-electron chi connectivity index (χ2n) is 4.07. The third-order valence-electron chi connectivity index (χ3n) is 2.25. The number of benzene rings is 1. The summed E-state index contributed by atoms with van der Waals surface area (Å²) in [7, 11) is -3.81. The lowest BCUT2D eigenvalue weighted by atomic mass is 10.2. The van der Waals surface area contributed by atoms with Gasteiger partial charge in [0, 0.05) is 5.69 Å². The first-order valence-electron chi connectivity index (χ1n) is 5.73. The van der Waals surface area contributed by atoms with E-state index in [0.29, 0.717) is 12.5 Å². The van der Waals surface area contributed by atoms with Crippen LogP contribution in [0.4, 0.5) is 23.7 Å². The smallest absolute Gasteiger partial charge is 0.307 e. The fraction of sp³-hybridized carbons (Fsp3) is 0.364. The summed E-state index contributed by atoms with van der Waals surface area (Å²) >= 11 is 5.42. The van der Waals surface area contributed by atoms with Crippen molar-refractivity contribution in [2.75, 3.05) is 11.1 Å². The lowest BCUT2D eigenvalue weighted by molar-refractivity contribution is -0.137. The van der Waals surface area contributed by atoms with E-state index in [1.54, 1.807) is 11.6 Å². The predicted octanol–water partition coefficient (Wildman–Crippen LogP) is 3.22. The second kappa shape index (κ2) is 6.52. The molecular weight excluding hydrogens is 333 g/mol. The van der Waals surface area contributed by atoms with E-state index in [4.69, 9.17) is 11.6 Å². The molecule has 0 fully saturated rings. The number of amides is 2. The van der Waals surface area contributed by atoms with Crippen molar-refractivity contribution in [3.8, 4) is 0 Å². The number of halogens is 4. The molecule has 0 aliphatic rings. The Labute approximate surface area is 124 Å². The summed E-state index contributed by atoms with van der Waals surface area (Å²) in [6, 6.07) is 1.57. The molecule has 0 aromatic heterocycles. The number of hydrogen-bond donors (Lipinski definition) is 2. The van der Waals surface area contributed by atoms with Crippen molar-refractivity contribution in [3.05, 3.63) is 28.8 Å². The Morgan fingerprint density at radius 1 is 1.33 bits per heavy atom. The molecule has 1 aromatic rings. The minimum absolute atomic E-state index is 0.226. The maximum atomic E-state index is 12.6. The molecule has 0 aliphatic heterocycles. The first-order chi connectivity index (χ1) is 9.55. The van der Waals surface area contributed by atoms with Gasteiger partial charge in [0.1, 0.15) is 0 Å². The molecule has 118 valence electrons. The highest BCUT2D eigenvalue weighted by molar-refractivity contribution is 7.90. The summed E-state index contributed by atoms with van der Waals surface area (Å²) < 4.78 is 62.3.